The first-order valence-corrected chi connectivity index (χ1v) is 34.5. The molecule has 2 aliphatic heterocycles. The van der Waals surface area contributed by atoms with Gasteiger partial charge in [0, 0.05) is 107 Å². The van der Waals surface area contributed by atoms with Crippen LogP contribution < -0.4 is 76.5 Å². The number of rotatable bonds is 34. The number of anilines is 5. The largest absolute Gasteiger partial charge is 0.494 e. The molecular formula is C65H85N15O15S2+2. The van der Waals surface area contributed by atoms with E-state index in [9.17, 15) is 45.6 Å². The molecule has 2 saturated heterocycles. The number of aromatic nitrogens is 2. The zero-order valence-corrected chi connectivity index (χ0v) is 56.2. The predicted octanol–water partition coefficient (Wildman–Crippen LogP) is 2.10. The fourth-order valence-electron chi connectivity index (χ4n) is 10.0. The fraction of sp³-hybridized carbons (Fsp3) is 0.385. The molecule has 4 aromatic carbocycles. The average Bonchev–Trinajstić information content (AvgIpc) is 0.864. The van der Waals surface area contributed by atoms with Gasteiger partial charge in [0.15, 0.2) is 31.3 Å². The van der Waals surface area contributed by atoms with Crippen LogP contribution in [0.5, 0.6) is 11.5 Å². The van der Waals surface area contributed by atoms with Crippen molar-refractivity contribution in [1.29, 1.82) is 0 Å². The zero-order chi connectivity index (χ0) is 69.2. The van der Waals surface area contributed by atoms with Gasteiger partial charge in [-0.05, 0) is 106 Å². The van der Waals surface area contributed by atoms with Crippen molar-refractivity contribution in [2.24, 2.45) is 0 Å². The molecule has 32 heteroatoms. The van der Waals surface area contributed by atoms with Crippen LogP contribution in [0.15, 0.2) is 144 Å². The van der Waals surface area contributed by atoms with Gasteiger partial charge in [-0.15, -0.1) is 0 Å². The summed E-state index contributed by atoms with van der Waals surface area (Å²) in [6.45, 7) is 12.9. The predicted molar refractivity (Wildman–Crippen MR) is 358 cm³/mol. The molecule has 0 radical (unpaired) electrons. The standard InChI is InChI=1S/C65H83N15O15S2/c1-65(2,64(86)70-50-16-8-18-54(40-50)97(89,90)76-52-20-22-56(58(42-52)92-4)72-74-63(85)61(83)68-25-12-29-78-33-37-94-38-34-78)80-30-10-15-49(45-80)59(81)66-23-5-6-26-69-95-46-48-14-9-27-79(44-48)43-47-13-7-17-53(39-47)96(87,88)75-51-19-21-55(57(41-51)91-3)71-73-62(84)60(82)67-24-11-28-77-31-35-93-36-32-77/h7-10,13-22,27,30,39-42,44-45,69H,5-6,11-12,23-26,28-29,31-38,43,46H2,1-4H3,(H8-2,66,67,68,70,71,72,73,74,75,76,81,82,83,84,85,86)/p+2. The first-order valence-electron chi connectivity index (χ1n) is 31.5. The fourth-order valence-corrected chi connectivity index (χ4v) is 12.3. The number of amides is 6. The third-order valence-corrected chi connectivity index (χ3v) is 18.3. The molecule has 6 aromatic rings. The van der Waals surface area contributed by atoms with Crippen molar-refractivity contribution >= 4 is 83.9 Å². The summed E-state index contributed by atoms with van der Waals surface area (Å²) in [6, 6.07) is 28.0. The summed E-state index contributed by atoms with van der Waals surface area (Å²) in [6.07, 6.45) is 9.59. The summed E-state index contributed by atoms with van der Waals surface area (Å²) in [7, 11) is -5.54. The van der Waals surface area contributed by atoms with E-state index >= 15 is 0 Å². The Kier molecular flexibility index (Phi) is 27.2. The second kappa shape index (κ2) is 36.0. The lowest BCUT2D eigenvalue weighted by Gasteiger charge is -2.26. The van der Waals surface area contributed by atoms with Gasteiger partial charge in [0.05, 0.1) is 79.8 Å². The van der Waals surface area contributed by atoms with Crippen molar-refractivity contribution in [2.75, 3.05) is 132 Å². The van der Waals surface area contributed by atoms with Crippen LogP contribution in [0.3, 0.4) is 0 Å². The summed E-state index contributed by atoms with van der Waals surface area (Å²) in [5, 5.41) is 10.9. The number of hydroxylamine groups is 1. The Balaban J connectivity index is 0.719. The molecule has 0 bridgehead atoms. The molecule has 0 saturated carbocycles. The Bertz CT molecular complexity index is 3930. The summed E-state index contributed by atoms with van der Waals surface area (Å²) in [4.78, 5) is 86.9. The normalized spacial score (nSPS) is 13.6. The molecule has 97 heavy (non-hydrogen) atoms. The molecule has 0 unspecified atom stereocenters. The van der Waals surface area contributed by atoms with Gasteiger partial charge < -0.3 is 40.2 Å². The number of hydrazine groups is 2. The molecule has 520 valence electrons. The molecule has 0 aliphatic carbocycles. The van der Waals surface area contributed by atoms with E-state index in [1.54, 1.807) is 61.1 Å². The maximum absolute atomic E-state index is 13.8. The molecule has 2 fully saturated rings. The SMILES string of the molecule is COc1cc(NS(=O)(=O)c2cccc(C[n+]3cccc(CONCCCCNC(=O)c4ccc[n+](C(C)(C)C(=O)Nc5cccc(S(=O)(=O)Nc6ccc(NNC(=O)C(=O)NCCCN7CCOCC7)c(OC)c6)c5)c4)c3)c2)ccc1NNC(=O)C(=O)NCCCN1CCOCC1. The molecule has 0 atom stereocenters. The average molecular weight is 1380 g/mol. The quantitative estimate of drug-likeness (QED) is 0.0119. The first-order chi connectivity index (χ1) is 46.7. The van der Waals surface area contributed by atoms with Crippen LogP contribution >= 0.6 is 0 Å². The van der Waals surface area contributed by atoms with E-state index in [-0.39, 0.29) is 62.2 Å². The van der Waals surface area contributed by atoms with Crippen LogP contribution in [0, 0.1) is 0 Å². The Labute approximate surface area is 563 Å². The van der Waals surface area contributed by atoms with Crippen molar-refractivity contribution in [1.82, 2.24) is 42.1 Å². The number of unbranched alkanes of at least 4 members (excludes halogenated alkanes) is 1. The van der Waals surface area contributed by atoms with Crippen molar-refractivity contribution in [3.8, 4) is 11.5 Å². The summed E-state index contributed by atoms with van der Waals surface area (Å²) in [5.41, 5.74) is 14.6. The number of ether oxygens (including phenoxy) is 4. The summed E-state index contributed by atoms with van der Waals surface area (Å²) in [5.74, 6) is -3.96. The summed E-state index contributed by atoms with van der Waals surface area (Å²) >= 11 is 0. The topological polar surface area (TPSA) is 363 Å². The van der Waals surface area contributed by atoms with Crippen LogP contribution in [0.2, 0.25) is 0 Å². The molecule has 0 spiro atoms. The zero-order valence-electron chi connectivity index (χ0n) is 54.6. The number of methoxy groups -OCH3 is 2. The number of carbonyl (C=O) groups excluding carboxylic acids is 6. The van der Waals surface area contributed by atoms with Gasteiger partial charge in [-0.1, -0.05) is 18.2 Å². The third kappa shape index (κ3) is 22.5. The second-order valence-electron chi connectivity index (χ2n) is 23.0. The minimum absolute atomic E-state index is 0.0325. The van der Waals surface area contributed by atoms with Gasteiger partial charge in [0.1, 0.15) is 17.1 Å². The molecule has 2 aliphatic rings. The van der Waals surface area contributed by atoms with Crippen LogP contribution in [0.1, 0.15) is 61.0 Å². The van der Waals surface area contributed by atoms with Crippen LogP contribution in [-0.4, -0.2) is 168 Å². The third-order valence-electron chi connectivity index (χ3n) is 15.5. The van der Waals surface area contributed by atoms with Gasteiger partial charge in [-0.2, -0.15) is 4.57 Å². The lowest BCUT2D eigenvalue weighted by molar-refractivity contribution is -0.741. The van der Waals surface area contributed by atoms with Crippen molar-refractivity contribution in [3.05, 3.63) is 151 Å². The number of hydrogen-bond donors (Lipinski definition) is 11. The molecule has 6 amide bonds. The van der Waals surface area contributed by atoms with E-state index < -0.39 is 55.1 Å². The van der Waals surface area contributed by atoms with Gasteiger partial charge in [0.25, 0.3) is 31.9 Å². The van der Waals surface area contributed by atoms with Crippen LogP contribution in [0.25, 0.3) is 0 Å². The highest BCUT2D eigenvalue weighted by Gasteiger charge is 2.38. The Morgan fingerprint density at radius 1 is 0.546 bits per heavy atom. The van der Waals surface area contributed by atoms with Gasteiger partial charge >= 0.3 is 23.6 Å². The number of hydrogen-bond acceptors (Lipinski definition) is 20. The van der Waals surface area contributed by atoms with Crippen molar-refractivity contribution < 1.29 is 78.5 Å². The highest BCUT2D eigenvalue weighted by Crippen LogP contribution is 2.31. The first kappa shape index (κ1) is 73.3. The molecule has 30 nitrogen and oxygen atoms in total. The maximum atomic E-state index is 13.8. The van der Waals surface area contributed by atoms with Crippen molar-refractivity contribution in [3.63, 3.8) is 0 Å². The van der Waals surface area contributed by atoms with E-state index in [1.807, 2.05) is 35.2 Å². The number of carbonyl (C=O) groups is 6. The highest BCUT2D eigenvalue weighted by molar-refractivity contribution is 7.93. The van der Waals surface area contributed by atoms with Crippen LogP contribution in [0.4, 0.5) is 28.4 Å². The lowest BCUT2D eigenvalue weighted by atomic mass is 10.0. The second-order valence-corrected chi connectivity index (χ2v) is 26.4. The number of sulfonamides is 2. The molecule has 11 N–H and O–H groups in total. The van der Waals surface area contributed by atoms with E-state index in [1.165, 1.54) is 74.9 Å². The Hall–Kier alpha value is -9.54. The monoisotopic (exact) mass is 1380 g/mol. The Morgan fingerprint density at radius 2 is 1.07 bits per heavy atom. The summed E-state index contributed by atoms with van der Waals surface area (Å²) < 4.78 is 84.6. The van der Waals surface area contributed by atoms with Gasteiger partial charge in [-0.3, -0.25) is 74.6 Å². The molecule has 8 rings (SSSR count). The lowest BCUT2D eigenvalue weighted by Crippen LogP contribution is -2.59. The molecular weight excluding hydrogens is 1290 g/mol. The van der Waals surface area contributed by atoms with Crippen molar-refractivity contribution in [2.45, 2.75) is 68.0 Å². The van der Waals surface area contributed by atoms with E-state index in [2.05, 4.69) is 67.7 Å². The molecule has 4 heterocycles. The maximum Gasteiger partial charge on any atom is 0.327 e. The minimum Gasteiger partial charge on any atom is -0.494 e. The van der Waals surface area contributed by atoms with E-state index in [0.29, 0.717) is 90.4 Å². The highest BCUT2D eigenvalue weighted by atomic mass is 32.2. The number of nitrogens with zero attached hydrogens (tertiary/aromatic N) is 4. The van der Waals surface area contributed by atoms with Gasteiger partial charge in [0.2, 0.25) is 5.54 Å². The number of benzene rings is 4. The number of morpholine rings is 2. The number of pyridine rings is 2. The molecule has 2 aromatic heterocycles. The van der Waals surface area contributed by atoms with Crippen LogP contribution in [-0.2, 0) is 77.0 Å². The van der Waals surface area contributed by atoms with Gasteiger partial charge in [-0.25, -0.2) is 26.9 Å². The smallest absolute Gasteiger partial charge is 0.327 e. The number of nitrogens with one attached hydrogen (secondary N) is 11. The Morgan fingerprint density at radius 3 is 1.65 bits per heavy atom. The van der Waals surface area contributed by atoms with E-state index in [4.69, 9.17) is 23.8 Å². The van der Waals surface area contributed by atoms with E-state index in [0.717, 1.165) is 50.4 Å². The minimum atomic E-state index is -4.22.